The highest BCUT2D eigenvalue weighted by Crippen LogP contribution is 2.39. The molecule has 152 valence electrons. The van der Waals surface area contributed by atoms with E-state index in [4.69, 9.17) is 19.9 Å². The van der Waals surface area contributed by atoms with Crippen molar-refractivity contribution in [3.8, 4) is 6.01 Å². The topological polar surface area (TPSA) is 121 Å². The maximum atomic E-state index is 12.5. The van der Waals surface area contributed by atoms with Crippen LogP contribution in [-0.4, -0.2) is 45.9 Å². The normalized spacial score (nSPS) is 18.6. The van der Waals surface area contributed by atoms with Gasteiger partial charge in [0, 0.05) is 7.11 Å². The zero-order valence-electron chi connectivity index (χ0n) is 16.3. The molecule has 0 amide bonds. The molecule has 2 aromatic heterocycles. The van der Waals surface area contributed by atoms with Crippen molar-refractivity contribution in [3.05, 3.63) is 58.0 Å². The highest BCUT2D eigenvalue weighted by molar-refractivity contribution is 5.81. The quantitative estimate of drug-likeness (QED) is 0.338. The van der Waals surface area contributed by atoms with Crippen LogP contribution in [0, 0.1) is 0 Å². The fourth-order valence-electron chi connectivity index (χ4n) is 3.18. The highest BCUT2D eigenvalue weighted by atomic mass is 16.6. The summed E-state index contributed by atoms with van der Waals surface area (Å²) in [6.07, 6.45) is 4.29. The largest absolute Gasteiger partial charge is 0.461 e. The maximum absolute atomic E-state index is 12.5. The van der Waals surface area contributed by atoms with Crippen LogP contribution in [0.4, 0.5) is 5.82 Å². The van der Waals surface area contributed by atoms with Crippen molar-refractivity contribution in [2.24, 2.45) is 0 Å². The molecule has 29 heavy (non-hydrogen) atoms. The van der Waals surface area contributed by atoms with Crippen molar-refractivity contribution in [1.82, 2.24) is 19.5 Å². The molecule has 0 radical (unpaired) electrons. The molecule has 3 aromatic rings. The van der Waals surface area contributed by atoms with Crippen LogP contribution in [-0.2, 0) is 16.0 Å². The van der Waals surface area contributed by atoms with Gasteiger partial charge in [-0.1, -0.05) is 36.4 Å². The number of epoxide rings is 1. The van der Waals surface area contributed by atoms with Gasteiger partial charge in [0.2, 0.25) is 0 Å². The summed E-state index contributed by atoms with van der Waals surface area (Å²) in [6.45, 7) is 3.00. The monoisotopic (exact) mass is 397 g/mol. The van der Waals surface area contributed by atoms with Gasteiger partial charge in [0.1, 0.15) is 24.3 Å². The fourth-order valence-corrected chi connectivity index (χ4v) is 3.18. The van der Waals surface area contributed by atoms with E-state index in [0.717, 1.165) is 11.1 Å². The average molecular weight is 397 g/mol. The number of hydrogen-bond donors (Lipinski definition) is 2. The van der Waals surface area contributed by atoms with E-state index in [1.54, 1.807) is 7.11 Å². The lowest BCUT2D eigenvalue weighted by molar-refractivity contribution is 0.141. The van der Waals surface area contributed by atoms with Crippen molar-refractivity contribution >= 4 is 17.0 Å². The summed E-state index contributed by atoms with van der Waals surface area (Å²) in [5.74, 6) is 0.162. The molecule has 1 aromatic carbocycles. The van der Waals surface area contributed by atoms with Gasteiger partial charge in [-0.2, -0.15) is 9.97 Å². The van der Waals surface area contributed by atoms with Gasteiger partial charge in [-0.3, -0.25) is 4.57 Å². The van der Waals surface area contributed by atoms with Gasteiger partial charge < -0.3 is 24.9 Å². The van der Waals surface area contributed by atoms with Crippen LogP contribution in [0.25, 0.3) is 11.2 Å². The summed E-state index contributed by atoms with van der Waals surface area (Å²) in [6, 6.07) is 8.11. The van der Waals surface area contributed by atoms with Gasteiger partial charge in [-0.25, -0.2) is 4.79 Å². The Morgan fingerprint density at radius 1 is 1.28 bits per heavy atom. The predicted molar refractivity (Wildman–Crippen MR) is 108 cm³/mol. The number of H-pyrrole nitrogens is 1. The molecule has 0 saturated carbocycles. The third kappa shape index (κ3) is 4.01. The number of rotatable bonds is 8. The number of nitrogen functional groups attached to an aromatic ring is 1. The molecule has 3 heterocycles. The summed E-state index contributed by atoms with van der Waals surface area (Å²) in [4.78, 5) is 23.6. The van der Waals surface area contributed by atoms with E-state index in [1.807, 2.05) is 43.3 Å². The molecule has 3 N–H and O–H groups in total. The molecule has 0 aliphatic carbocycles. The summed E-state index contributed by atoms with van der Waals surface area (Å²) in [5.41, 5.74) is 8.53. The van der Waals surface area contributed by atoms with Crippen LogP contribution in [0.5, 0.6) is 6.01 Å². The number of allylic oxidation sites excluding steroid dienone is 1. The number of nitrogens with one attached hydrogen (secondary N) is 1. The molecule has 4 rings (SSSR count). The van der Waals surface area contributed by atoms with Crippen LogP contribution >= 0.6 is 0 Å². The number of aromatic nitrogens is 4. The van der Waals surface area contributed by atoms with Gasteiger partial charge in [0.05, 0.1) is 13.2 Å². The lowest BCUT2D eigenvalue weighted by Gasteiger charge is -2.07. The van der Waals surface area contributed by atoms with Crippen LogP contribution in [0.2, 0.25) is 0 Å². The van der Waals surface area contributed by atoms with E-state index in [0.29, 0.717) is 24.3 Å². The molecule has 2 atom stereocenters. The first-order valence-electron chi connectivity index (χ1n) is 9.35. The van der Waals surface area contributed by atoms with Crippen LogP contribution in [0.15, 0.2) is 41.2 Å². The van der Waals surface area contributed by atoms with Crippen LogP contribution in [0.1, 0.15) is 24.2 Å². The second-order valence-electron chi connectivity index (χ2n) is 6.74. The van der Waals surface area contributed by atoms with Crippen molar-refractivity contribution in [2.75, 3.05) is 26.1 Å². The first-order valence-corrected chi connectivity index (χ1v) is 9.35. The van der Waals surface area contributed by atoms with Crippen LogP contribution < -0.4 is 16.2 Å². The second-order valence-corrected chi connectivity index (χ2v) is 6.74. The standard InChI is InChI=1S/C20H23N5O4/c1-3-4-14-16(29-14)13-7-5-12(6-8-13)11-25-18-15(22-20(25)26)17(21)23-19(24-18)28-10-9-27-2/h3-8,14,16H,9-11H2,1-2H3,(H,22,26)(H2,21,23,24). The molecule has 2 unspecified atom stereocenters. The maximum Gasteiger partial charge on any atom is 0.328 e. The number of nitrogens with two attached hydrogens (primary N) is 1. The van der Waals surface area contributed by atoms with E-state index in [-0.39, 0.29) is 36.3 Å². The lowest BCUT2D eigenvalue weighted by Crippen LogP contribution is -2.18. The first kappa shape index (κ1) is 19.2. The molecule has 9 heteroatoms. The zero-order valence-corrected chi connectivity index (χ0v) is 16.3. The van der Waals surface area contributed by atoms with E-state index < -0.39 is 0 Å². The number of ether oxygens (including phenoxy) is 3. The number of benzene rings is 1. The number of aromatic amines is 1. The molecule has 1 aliphatic heterocycles. The predicted octanol–water partition coefficient (Wildman–Crippen LogP) is 1.79. The summed E-state index contributed by atoms with van der Waals surface area (Å²) < 4.78 is 17.6. The smallest absolute Gasteiger partial charge is 0.328 e. The number of anilines is 1. The fraction of sp³-hybridized carbons (Fsp3) is 0.350. The Kier molecular flexibility index (Phi) is 5.32. The molecular weight excluding hydrogens is 374 g/mol. The first-order chi connectivity index (χ1) is 14.1. The summed E-state index contributed by atoms with van der Waals surface area (Å²) in [7, 11) is 1.58. The van der Waals surface area contributed by atoms with Gasteiger partial charge >= 0.3 is 11.7 Å². The Balaban J connectivity index is 1.57. The number of hydrogen-bond acceptors (Lipinski definition) is 7. The van der Waals surface area contributed by atoms with Crippen molar-refractivity contribution < 1.29 is 14.2 Å². The number of nitrogens with zero attached hydrogens (tertiary/aromatic N) is 3. The lowest BCUT2D eigenvalue weighted by atomic mass is 10.1. The number of methoxy groups -OCH3 is 1. The van der Waals surface area contributed by atoms with E-state index in [9.17, 15) is 4.79 Å². The highest BCUT2D eigenvalue weighted by Gasteiger charge is 2.37. The summed E-state index contributed by atoms with van der Waals surface area (Å²) >= 11 is 0. The zero-order chi connectivity index (χ0) is 20.4. The minimum Gasteiger partial charge on any atom is -0.461 e. The van der Waals surface area contributed by atoms with Crippen LogP contribution in [0.3, 0.4) is 0 Å². The minimum absolute atomic E-state index is 0.107. The molecular formula is C20H23N5O4. The van der Waals surface area contributed by atoms with Gasteiger partial charge in [-0.15, -0.1) is 0 Å². The number of imidazole rings is 1. The molecule has 9 nitrogen and oxygen atoms in total. The third-order valence-corrected chi connectivity index (χ3v) is 4.71. The second kappa shape index (κ2) is 8.06. The number of fused-ring (bicyclic) bond motifs is 1. The Morgan fingerprint density at radius 2 is 2.07 bits per heavy atom. The van der Waals surface area contributed by atoms with Gasteiger partial charge in [0.15, 0.2) is 11.5 Å². The Hall–Kier alpha value is -3.17. The molecule has 1 saturated heterocycles. The van der Waals surface area contributed by atoms with Crippen molar-refractivity contribution in [2.45, 2.75) is 25.7 Å². The van der Waals surface area contributed by atoms with Crippen molar-refractivity contribution in [3.63, 3.8) is 0 Å². The summed E-state index contributed by atoms with van der Waals surface area (Å²) in [5, 5.41) is 0. The van der Waals surface area contributed by atoms with Gasteiger partial charge in [-0.05, 0) is 18.1 Å². The Labute approximate surface area is 167 Å². The van der Waals surface area contributed by atoms with E-state index >= 15 is 0 Å². The Morgan fingerprint density at radius 3 is 2.79 bits per heavy atom. The molecule has 1 aliphatic rings. The Bertz CT molecular complexity index is 1090. The minimum atomic E-state index is -0.308. The van der Waals surface area contributed by atoms with Gasteiger partial charge in [0.25, 0.3) is 0 Å². The molecule has 0 spiro atoms. The van der Waals surface area contributed by atoms with Crippen molar-refractivity contribution in [1.29, 1.82) is 0 Å². The molecule has 0 bridgehead atoms. The molecule has 1 fully saturated rings. The SMILES string of the molecule is CC=CC1OC1c1ccc(Cn2c(=O)[nH]c3c(N)nc(OCCOC)nc32)cc1. The average Bonchev–Trinajstić information content (AvgIpc) is 3.41. The third-order valence-electron chi connectivity index (χ3n) is 4.71. The van der Waals surface area contributed by atoms with E-state index in [1.165, 1.54) is 4.57 Å². The van der Waals surface area contributed by atoms with E-state index in [2.05, 4.69) is 15.0 Å².